The Balaban J connectivity index is 2.01. The van der Waals surface area contributed by atoms with Gasteiger partial charge < -0.3 is 15.4 Å². The number of halogens is 3. The van der Waals surface area contributed by atoms with E-state index in [1.165, 1.54) is 12.1 Å². The molecule has 2 N–H and O–H groups in total. The number of ether oxygens (including phenoxy) is 1. The summed E-state index contributed by atoms with van der Waals surface area (Å²) in [5.74, 6) is 0.372. The zero-order valence-electron chi connectivity index (χ0n) is 16.7. The lowest BCUT2D eigenvalue weighted by Gasteiger charge is -2.17. The van der Waals surface area contributed by atoms with Gasteiger partial charge in [-0.1, -0.05) is 13.8 Å². The summed E-state index contributed by atoms with van der Waals surface area (Å²) in [5, 5.41) is 13.2. The van der Waals surface area contributed by atoms with Crippen LogP contribution in [0.3, 0.4) is 0 Å². The van der Waals surface area contributed by atoms with Crippen molar-refractivity contribution in [3.8, 4) is 5.88 Å². The lowest BCUT2D eigenvalue weighted by Crippen LogP contribution is -2.28. The number of nitrogens with one attached hydrogen (secondary N) is 2. The molecule has 10 heteroatoms. The summed E-state index contributed by atoms with van der Waals surface area (Å²) in [5.41, 5.74) is 1.64. The standard InChI is InChI=1S/C19H24F3N5O2/c1-11(2)9-23-16-8-14(7-12(3)24-16)13(4)25-18(28)15-5-6-17(27-26-15)29-10-19(20,21)22/h5-8,11,13H,9-10H2,1-4H3,(H,23,24)(H,25,28). The van der Waals surface area contributed by atoms with Crippen LogP contribution in [0, 0.1) is 12.8 Å². The molecule has 1 amide bonds. The molecule has 0 aliphatic rings. The van der Waals surface area contributed by atoms with Gasteiger partial charge in [-0.2, -0.15) is 13.2 Å². The first-order valence-electron chi connectivity index (χ1n) is 9.10. The van der Waals surface area contributed by atoms with E-state index in [4.69, 9.17) is 0 Å². The van der Waals surface area contributed by atoms with Crippen LogP contribution in [0.2, 0.25) is 0 Å². The molecule has 1 atom stereocenters. The number of hydrogen-bond acceptors (Lipinski definition) is 6. The quantitative estimate of drug-likeness (QED) is 0.689. The summed E-state index contributed by atoms with van der Waals surface area (Å²) < 4.78 is 40.9. The van der Waals surface area contributed by atoms with Crippen molar-refractivity contribution in [3.05, 3.63) is 41.2 Å². The molecule has 2 rings (SSSR count). The summed E-state index contributed by atoms with van der Waals surface area (Å²) in [4.78, 5) is 16.8. The summed E-state index contributed by atoms with van der Waals surface area (Å²) in [6.45, 7) is 7.16. The van der Waals surface area contributed by atoms with Crippen LogP contribution in [0.25, 0.3) is 0 Å². The normalized spacial score (nSPS) is 12.6. The highest BCUT2D eigenvalue weighted by Gasteiger charge is 2.28. The predicted molar refractivity (Wildman–Crippen MR) is 102 cm³/mol. The van der Waals surface area contributed by atoms with Gasteiger partial charge in [0.1, 0.15) is 5.82 Å². The number of anilines is 1. The van der Waals surface area contributed by atoms with Crippen molar-refractivity contribution < 1.29 is 22.7 Å². The Morgan fingerprint density at radius 2 is 1.90 bits per heavy atom. The summed E-state index contributed by atoms with van der Waals surface area (Å²) >= 11 is 0. The average Bonchev–Trinajstić information content (AvgIpc) is 2.64. The third kappa shape index (κ3) is 7.55. The van der Waals surface area contributed by atoms with Gasteiger partial charge in [-0.25, -0.2) is 4.98 Å². The number of alkyl halides is 3. The Kier molecular flexibility index (Phi) is 7.35. The molecule has 0 aromatic carbocycles. The smallest absolute Gasteiger partial charge is 0.422 e. The zero-order chi connectivity index (χ0) is 21.6. The van der Waals surface area contributed by atoms with Crippen LogP contribution in [0.1, 0.15) is 48.6 Å². The molecule has 0 aliphatic carbocycles. The van der Waals surface area contributed by atoms with Crippen molar-refractivity contribution in [1.82, 2.24) is 20.5 Å². The molecule has 0 saturated heterocycles. The van der Waals surface area contributed by atoms with E-state index in [9.17, 15) is 18.0 Å². The molecule has 0 fully saturated rings. The topological polar surface area (TPSA) is 89.0 Å². The number of amides is 1. The first kappa shape index (κ1) is 22.4. The molecule has 7 nitrogen and oxygen atoms in total. The lowest BCUT2D eigenvalue weighted by atomic mass is 10.1. The first-order valence-corrected chi connectivity index (χ1v) is 9.10. The molecule has 29 heavy (non-hydrogen) atoms. The van der Waals surface area contributed by atoms with Gasteiger partial charge in [0.05, 0.1) is 6.04 Å². The molecule has 1 unspecified atom stereocenters. The highest BCUT2D eigenvalue weighted by molar-refractivity contribution is 5.92. The third-order valence-electron chi connectivity index (χ3n) is 3.77. The van der Waals surface area contributed by atoms with E-state index >= 15 is 0 Å². The van der Waals surface area contributed by atoms with Crippen LogP contribution in [-0.4, -0.2) is 40.4 Å². The van der Waals surface area contributed by atoms with Crippen LogP contribution in [0.5, 0.6) is 5.88 Å². The summed E-state index contributed by atoms with van der Waals surface area (Å²) in [6.07, 6.45) is -4.47. The summed E-state index contributed by atoms with van der Waals surface area (Å²) in [6, 6.07) is 5.81. The second-order valence-electron chi connectivity index (χ2n) is 7.06. The highest BCUT2D eigenvalue weighted by atomic mass is 19.4. The Bertz CT molecular complexity index is 826. The number of carbonyl (C=O) groups excluding carboxylic acids is 1. The average molecular weight is 411 g/mol. The monoisotopic (exact) mass is 411 g/mol. The van der Waals surface area contributed by atoms with E-state index in [-0.39, 0.29) is 17.6 Å². The maximum Gasteiger partial charge on any atom is 0.422 e. The lowest BCUT2D eigenvalue weighted by molar-refractivity contribution is -0.154. The van der Waals surface area contributed by atoms with E-state index < -0.39 is 18.7 Å². The predicted octanol–water partition coefficient (Wildman–Crippen LogP) is 3.68. The SMILES string of the molecule is Cc1cc(C(C)NC(=O)c2ccc(OCC(F)(F)F)nn2)cc(NCC(C)C)n1. The van der Waals surface area contributed by atoms with Crippen molar-refractivity contribution in [3.63, 3.8) is 0 Å². The van der Waals surface area contributed by atoms with Crippen LogP contribution in [0.4, 0.5) is 19.0 Å². The molecule has 0 bridgehead atoms. The van der Waals surface area contributed by atoms with E-state index in [2.05, 4.69) is 44.4 Å². The van der Waals surface area contributed by atoms with Crippen LogP contribution in [-0.2, 0) is 0 Å². The van der Waals surface area contributed by atoms with Crippen molar-refractivity contribution in [2.75, 3.05) is 18.5 Å². The molecule has 0 aliphatic heterocycles. The fraction of sp³-hybridized carbons (Fsp3) is 0.474. The minimum atomic E-state index is -4.47. The van der Waals surface area contributed by atoms with Crippen molar-refractivity contribution in [2.24, 2.45) is 5.92 Å². The Labute approximate surface area is 167 Å². The Hall–Kier alpha value is -2.91. The van der Waals surface area contributed by atoms with Gasteiger partial charge >= 0.3 is 6.18 Å². The largest absolute Gasteiger partial charge is 0.467 e. The van der Waals surface area contributed by atoms with Gasteiger partial charge in [-0.15, -0.1) is 10.2 Å². The van der Waals surface area contributed by atoms with Crippen LogP contribution < -0.4 is 15.4 Å². The van der Waals surface area contributed by atoms with E-state index in [0.29, 0.717) is 5.92 Å². The third-order valence-corrected chi connectivity index (χ3v) is 3.77. The summed E-state index contributed by atoms with van der Waals surface area (Å²) in [7, 11) is 0. The minimum absolute atomic E-state index is 0.0276. The molecular formula is C19H24F3N5O2. The highest BCUT2D eigenvalue weighted by Crippen LogP contribution is 2.19. The number of hydrogen-bond donors (Lipinski definition) is 2. The molecule has 2 aromatic rings. The van der Waals surface area contributed by atoms with Crippen molar-refractivity contribution in [2.45, 2.75) is 39.9 Å². The fourth-order valence-electron chi connectivity index (χ4n) is 2.37. The number of rotatable bonds is 8. The Morgan fingerprint density at radius 3 is 2.48 bits per heavy atom. The Morgan fingerprint density at radius 1 is 1.17 bits per heavy atom. The molecule has 0 spiro atoms. The number of aromatic nitrogens is 3. The molecule has 2 aromatic heterocycles. The zero-order valence-corrected chi connectivity index (χ0v) is 16.7. The van der Waals surface area contributed by atoms with Crippen molar-refractivity contribution in [1.29, 1.82) is 0 Å². The van der Waals surface area contributed by atoms with E-state index in [1.54, 1.807) is 0 Å². The molecule has 158 valence electrons. The van der Waals surface area contributed by atoms with Gasteiger partial charge in [0, 0.05) is 18.3 Å². The van der Waals surface area contributed by atoms with Gasteiger partial charge in [-0.05, 0) is 43.5 Å². The van der Waals surface area contributed by atoms with Gasteiger partial charge in [0.2, 0.25) is 5.88 Å². The molecule has 0 saturated carbocycles. The number of pyridine rings is 1. The number of aryl methyl sites for hydroxylation is 1. The minimum Gasteiger partial charge on any atom is -0.467 e. The van der Waals surface area contributed by atoms with Gasteiger partial charge in [0.25, 0.3) is 5.91 Å². The van der Waals surface area contributed by atoms with E-state index in [1.807, 2.05) is 26.0 Å². The second kappa shape index (κ2) is 9.53. The maximum atomic E-state index is 12.4. The fourth-order valence-corrected chi connectivity index (χ4v) is 2.37. The van der Waals surface area contributed by atoms with Gasteiger partial charge in [-0.3, -0.25) is 4.79 Å². The van der Waals surface area contributed by atoms with E-state index in [0.717, 1.165) is 23.6 Å². The number of carbonyl (C=O) groups is 1. The van der Waals surface area contributed by atoms with Crippen LogP contribution in [0.15, 0.2) is 24.3 Å². The van der Waals surface area contributed by atoms with Crippen LogP contribution >= 0.6 is 0 Å². The van der Waals surface area contributed by atoms with Gasteiger partial charge in [0.15, 0.2) is 12.3 Å². The molecular weight excluding hydrogens is 387 g/mol. The number of nitrogens with zero attached hydrogens (tertiary/aromatic N) is 3. The first-order chi connectivity index (χ1) is 13.5. The molecule has 2 heterocycles. The second-order valence-corrected chi connectivity index (χ2v) is 7.06. The molecule has 0 radical (unpaired) electrons. The maximum absolute atomic E-state index is 12.4. The van der Waals surface area contributed by atoms with Crippen molar-refractivity contribution >= 4 is 11.7 Å².